The van der Waals surface area contributed by atoms with Crippen LogP contribution in [0.4, 0.5) is 0 Å². The first kappa shape index (κ1) is 15.6. The van der Waals surface area contributed by atoms with E-state index in [0.29, 0.717) is 0 Å². The monoisotopic (exact) mass is 274 g/mol. The Morgan fingerprint density at radius 2 is 1.75 bits per heavy atom. The minimum atomic E-state index is -0.478. The van der Waals surface area contributed by atoms with Crippen LogP contribution in [0.1, 0.15) is 70.9 Å². The fraction of sp³-hybridized carbons (Fsp3) is 0.684. The van der Waals surface area contributed by atoms with Gasteiger partial charge in [-0.25, -0.2) is 0 Å². The molecule has 112 valence electrons. The summed E-state index contributed by atoms with van der Waals surface area (Å²) in [6.07, 6.45) is 6.32. The SMILES string of the molecule is CC1CCCC(O)(Cc2ccc(C(C)(C)C)cc2)CC1. The predicted molar refractivity (Wildman–Crippen MR) is 86.0 cm³/mol. The largest absolute Gasteiger partial charge is 0.390 e. The van der Waals surface area contributed by atoms with Crippen LogP contribution in [0.15, 0.2) is 24.3 Å². The van der Waals surface area contributed by atoms with Gasteiger partial charge in [-0.1, -0.05) is 64.8 Å². The molecule has 1 aromatic rings. The van der Waals surface area contributed by atoms with E-state index in [4.69, 9.17) is 0 Å². The Hall–Kier alpha value is -0.820. The molecule has 2 unspecified atom stereocenters. The smallest absolute Gasteiger partial charge is 0.0688 e. The molecule has 0 bridgehead atoms. The molecule has 2 atom stereocenters. The Balaban J connectivity index is 2.05. The fourth-order valence-electron chi connectivity index (χ4n) is 3.24. The van der Waals surface area contributed by atoms with Gasteiger partial charge in [-0.05, 0) is 41.7 Å². The van der Waals surface area contributed by atoms with Gasteiger partial charge >= 0.3 is 0 Å². The molecular weight excluding hydrogens is 244 g/mol. The Bertz CT molecular complexity index is 426. The van der Waals surface area contributed by atoms with Crippen LogP contribution in [0, 0.1) is 5.92 Å². The molecule has 0 heterocycles. The van der Waals surface area contributed by atoms with Crippen molar-refractivity contribution in [2.75, 3.05) is 0 Å². The van der Waals surface area contributed by atoms with Crippen molar-refractivity contribution in [1.82, 2.24) is 0 Å². The third-order valence-electron chi connectivity index (χ3n) is 4.79. The third-order valence-corrected chi connectivity index (χ3v) is 4.79. The molecule has 1 aromatic carbocycles. The maximum Gasteiger partial charge on any atom is 0.0688 e. The lowest BCUT2D eigenvalue weighted by molar-refractivity contribution is 0.0244. The van der Waals surface area contributed by atoms with E-state index in [-0.39, 0.29) is 5.41 Å². The maximum atomic E-state index is 10.9. The molecule has 1 nitrogen and oxygen atoms in total. The Kier molecular flexibility index (Phi) is 4.59. The van der Waals surface area contributed by atoms with Crippen molar-refractivity contribution in [3.8, 4) is 0 Å². The van der Waals surface area contributed by atoms with Gasteiger partial charge in [0.05, 0.1) is 5.60 Å². The molecular formula is C19H30O. The Morgan fingerprint density at radius 1 is 1.10 bits per heavy atom. The molecule has 0 aliphatic heterocycles. The average Bonchev–Trinajstić information content (AvgIpc) is 2.51. The summed E-state index contributed by atoms with van der Waals surface area (Å²) >= 11 is 0. The van der Waals surface area contributed by atoms with E-state index in [1.54, 1.807) is 0 Å². The van der Waals surface area contributed by atoms with E-state index in [9.17, 15) is 5.11 Å². The van der Waals surface area contributed by atoms with E-state index in [1.165, 1.54) is 17.5 Å². The van der Waals surface area contributed by atoms with Crippen molar-refractivity contribution in [1.29, 1.82) is 0 Å². The highest BCUT2D eigenvalue weighted by atomic mass is 16.3. The van der Waals surface area contributed by atoms with Gasteiger partial charge < -0.3 is 5.11 Å². The molecule has 20 heavy (non-hydrogen) atoms. The van der Waals surface area contributed by atoms with Gasteiger partial charge in [-0.15, -0.1) is 0 Å². The van der Waals surface area contributed by atoms with Gasteiger partial charge in [0.2, 0.25) is 0 Å². The summed E-state index contributed by atoms with van der Waals surface area (Å²) in [6, 6.07) is 8.84. The third kappa shape index (κ3) is 4.09. The molecule has 1 fully saturated rings. The predicted octanol–water partition coefficient (Wildman–Crippen LogP) is 4.86. The van der Waals surface area contributed by atoms with Gasteiger partial charge in [0.1, 0.15) is 0 Å². The minimum absolute atomic E-state index is 0.202. The van der Waals surface area contributed by atoms with E-state index in [2.05, 4.69) is 52.0 Å². The second-order valence-electron chi connectivity index (χ2n) is 7.88. The number of aliphatic hydroxyl groups is 1. The Morgan fingerprint density at radius 3 is 2.35 bits per heavy atom. The lowest BCUT2D eigenvalue weighted by Crippen LogP contribution is -2.30. The fourth-order valence-corrected chi connectivity index (χ4v) is 3.24. The number of benzene rings is 1. The number of rotatable bonds is 2. The number of hydrogen-bond donors (Lipinski definition) is 1. The quantitative estimate of drug-likeness (QED) is 0.764. The summed E-state index contributed by atoms with van der Waals surface area (Å²) in [5, 5.41) is 10.9. The molecule has 1 N–H and O–H groups in total. The van der Waals surface area contributed by atoms with Crippen molar-refractivity contribution < 1.29 is 5.11 Å². The lowest BCUT2D eigenvalue weighted by Gasteiger charge is -2.27. The van der Waals surface area contributed by atoms with Crippen molar-refractivity contribution in [3.63, 3.8) is 0 Å². The van der Waals surface area contributed by atoms with Gasteiger partial charge in [0, 0.05) is 6.42 Å². The highest BCUT2D eigenvalue weighted by Crippen LogP contribution is 2.33. The minimum Gasteiger partial charge on any atom is -0.390 e. The van der Waals surface area contributed by atoms with Crippen LogP contribution >= 0.6 is 0 Å². The second kappa shape index (κ2) is 5.89. The normalized spacial score (nSPS) is 28.1. The van der Waals surface area contributed by atoms with Crippen LogP contribution in [0.2, 0.25) is 0 Å². The molecule has 0 saturated heterocycles. The van der Waals surface area contributed by atoms with Gasteiger partial charge in [0.15, 0.2) is 0 Å². The number of hydrogen-bond acceptors (Lipinski definition) is 1. The van der Waals surface area contributed by atoms with Crippen LogP contribution in [0.5, 0.6) is 0 Å². The molecule has 1 aliphatic carbocycles. The molecule has 1 heteroatoms. The van der Waals surface area contributed by atoms with E-state index >= 15 is 0 Å². The van der Waals surface area contributed by atoms with Crippen LogP contribution in [0.3, 0.4) is 0 Å². The van der Waals surface area contributed by atoms with Crippen LogP contribution < -0.4 is 0 Å². The molecule has 2 rings (SSSR count). The zero-order valence-corrected chi connectivity index (χ0v) is 13.6. The van der Waals surface area contributed by atoms with Crippen LogP contribution in [-0.4, -0.2) is 10.7 Å². The topological polar surface area (TPSA) is 20.2 Å². The van der Waals surface area contributed by atoms with Crippen molar-refractivity contribution in [3.05, 3.63) is 35.4 Å². The summed E-state index contributed by atoms with van der Waals surface area (Å²) in [5.41, 5.74) is 2.36. The first-order valence-electron chi connectivity index (χ1n) is 8.10. The lowest BCUT2D eigenvalue weighted by atomic mass is 9.84. The molecule has 1 aliphatic rings. The average molecular weight is 274 g/mol. The van der Waals surface area contributed by atoms with Crippen LogP contribution in [0.25, 0.3) is 0 Å². The zero-order valence-electron chi connectivity index (χ0n) is 13.6. The van der Waals surface area contributed by atoms with Crippen molar-refractivity contribution in [2.24, 2.45) is 5.92 Å². The van der Waals surface area contributed by atoms with Gasteiger partial charge in [0.25, 0.3) is 0 Å². The summed E-state index contributed by atoms with van der Waals surface area (Å²) < 4.78 is 0. The summed E-state index contributed by atoms with van der Waals surface area (Å²) in [5.74, 6) is 0.771. The zero-order chi connectivity index (χ0) is 14.8. The van der Waals surface area contributed by atoms with Crippen molar-refractivity contribution in [2.45, 2.75) is 77.2 Å². The van der Waals surface area contributed by atoms with Gasteiger partial charge in [-0.3, -0.25) is 0 Å². The van der Waals surface area contributed by atoms with E-state index in [1.807, 2.05) is 0 Å². The highest BCUT2D eigenvalue weighted by molar-refractivity contribution is 5.28. The molecule has 0 amide bonds. The van der Waals surface area contributed by atoms with Gasteiger partial charge in [-0.2, -0.15) is 0 Å². The Labute approximate surface area is 124 Å². The van der Waals surface area contributed by atoms with Crippen molar-refractivity contribution >= 4 is 0 Å². The second-order valence-corrected chi connectivity index (χ2v) is 7.88. The maximum absolute atomic E-state index is 10.9. The van der Waals surface area contributed by atoms with Crippen LogP contribution in [-0.2, 0) is 11.8 Å². The summed E-state index contributed by atoms with van der Waals surface area (Å²) in [7, 11) is 0. The summed E-state index contributed by atoms with van der Waals surface area (Å²) in [6.45, 7) is 9.02. The first-order chi connectivity index (χ1) is 9.28. The summed E-state index contributed by atoms with van der Waals surface area (Å²) in [4.78, 5) is 0. The molecule has 0 radical (unpaired) electrons. The molecule has 1 saturated carbocycles. The first-order valence-corrected chi connectivity index (χ1v) is 8.10. The van der Waals surface area contributed by atoms with E-state index < -0.39 is 5.60 Å². The van der Waals surface area contributed by atoms with E-state index in [0.717, 1.165) is 38.0 Å². The molecule has 0 aromatic heterocycles. The molecule has 0 spiro atoms. The standard InChI is InChI=1S/C19H30O/c1-15-6-5-12-19(20,13-11-15)14-16-7-9-17(10-8-16)18(2,3)4/h7-10,15,20H,5-6,11-14H2,1-4H3. The highest BCUT2D eigenvalue weighted by Gasteiger charge is 2.30.